The van der Waals surface area contributed by atoms with Crippen LogP contribution in [0.2, 0.25) is 0 Å². The van der Waals surface area contributed by atoms with E-state index in [1.165, 1.54) is 19.5 Å². The van der Waals surface area contributed by atoms with Crippen LogP contribution in [0.3, 0.4) is 0 Å². The van der Waals surface area contributed by atoms with Gasteiger partial charge in [0.2, 0.25) is 0 Å². The van der Waals surface area contributed by atoms with E-state index in [9.17, 15) is 9.90 Å². The van der Waals surface area contributed by atoms with Crippen molar-refractivity contribution in [3.05, 3.63) is 24.0 Å². The summed E-state index contributed by atoms with van der Waals surface area (Å²) in [5, 5.41) is 9.61. The highest BCUT2D eigenvalue weighted by atomic mass is 16.5. The quantitative estimate of drug-likeness (QED) is 0.718. The number of nitrogens with one attached hydrogen (secondary N) is 1. The van der Waals surface area contributed by atoms with E-state index in [2.05, 4.69) is 14.7 Å². The van der Waals surface area contributed by atoms with Gasteiger partial charge in [-0.1, -0.05) is 0 Å². The normalized spacial score (nSPS) is 10.5. The fourth-order valence-corrected chi connectivity index (χ4v) is 1.39. The number of aromatic amines is 1. The van der Waals surface area contributed by atoms with E-state index in [1.54, 1.807) is 6.07 Å². The number of methoxy groups -OCH3 is 1. The molecule has 2 aromatic rings. The number of imidazole rings is 1. The number of rotatable bonds is 2. The van der Waals surface area contributed by atoms with Crippen LogP contribution in [0.4, 0.5) is 0 Å². The highest BCUT2D eigenvalue weighted by molar-refractivity contribution is 5.81. The number of fused-ring (bicyclic) bond motifs is 1. The van der Waals surface area contributed by atoms with Crippen molar-refractivity contribution in [1.82, 2.24) is 9.97 Å². The van der Waals surface area contributed by atoms with Gasteiger partial charge >= 0.3 is 5.97 Å². The van der Waals surface area contributed by atoms with E-state index < -0.39 is 0 Å². The second-order valence-electron chi connectivity index (χ2n) is 3.15. The lowest BCUT2D eigenvalue weighted by Crippen LogP contribution is -2.04. The first-order valence-electron chi connectivity index (χ1n) is 4.42. The van der Waals surface area contributed by atoms with Crippen molar-refractivity contribution in [2.75, 3.05) is 7.11 Å². The fraction of sp³-hybridized carbons (Fsp3) is 0.200. The molecular weight excluding hydrogens is 196 g/mol. The summed E-state index contributed by atoms with van der Waals surface area (Å²) in [5.74, 6) is -0.329. The van der Waals surface area contributed by atoms with Gasteiger partial charge in [0.25, 0.3) is 0 Å². The topological polar surface area (TPSA) is 75.2 Å². The van der Waals surface area contributed by atoms with Crippen LogP contribution in [-0.4, -0.2) is 28.2 Å². The molecule has 78 valence electrons. The summed E-state index contributed by atoms with van der Waals surface area (Å²) in [4.78, 5) is 17.9. The molecular formula is C10H10N2O3. The smallest absolute Gasteiger partial charge is 0.310 e. The molecule has 1 heterocycles. The summed E-state index contributed by atoms with van der Waals surface area (Å²) in [6, 6.07) is 3.21. The van der Waals surface area contributed by atoms with Gasteiger partial charge in [-0.25, -0.2) is 4.98 Å². The summed E-state index contributed by atoms with van der Waals surface area (Å²) >= 11 is 0. The molecule has 2 rings (SSSR count). The number of carbonyl (C=O) groups is 1. The van der Waals surface area contributed by atoms with Gasteiger partial charge in [0.1, 0.15) is 5.75 Å². The molecule has 5 nitrogen and oxygen atoms in total. The Morgan fingerprint density at radius 2 is 2.40 bits per heavy atom. The van der Waals surface area contributed by atoms with Crippen molar-refractivity contribution in [2.45, 2.75) is 6.42 Å². The molecule has 1 aromatic heterocycles. The molecule has 5 heteroatoms. The number of aromatic nitrogens is 2. The first-order valence-corrected chi connectivity index (χ1v) is 4.42. The minimum atomic E-state index is -0.385. The van der Waals surface area contributed by atoms with Crippen molar-refractivity contribution in [3.63, 3.8) is 0 Å². The van der Waals surface area contributed by atoms with Gasteiger partial charge in [-0.2, -0.15) is 0 Å². The summed E-state index contributed by atoms with van der Waals surface area (Å²) in [6.07, 6.45) is 1.59. The third-order valence-corrected chi connectivity index (χ3v) is 2.18. The maximum Gasteiger partial charge on any atom is 0.310 e. The average Bonchev–Trinajstić information content (AvgIpc) is 2.65. The predicted octanol–water partition coefficient (Wildman–Crippen LogP) is 0.984. The molecule has 0 atom stereocenters. The molecule has 0 aliphatic carbocycles. The van der Waals surface area contributed by atoms with Crippen LogP contribution in [0.5, 0.6) is 5.75 Å². The lowest BCUT2D eigenvalue weighted by Gasteiger charge is -2.03. The number of hydrogen-bond donors (Lipinski definition) is 2. The standard InChI is InChI=1S/C10H10N2O3/c1-15-10(14)3-6-2-7-8(4-9(6)13)12-5-11-7/h2,4-5,13H,3H2,1H3,(H,11,12). The Kier molecular flexibility index (Phi) is 2.29. The lowest BCUT2D eigenvalue weighted by atomic mass is 10.1. The number of phenols is 1. The Hall–Kier alpha value is -2.04. The molecule has 0 saturated carbocycles. The molecule has 0 saturated heterocycles. The van der Waals surface area contributed by atoms with Crippen LogP contribution in [0.1, 0.15) is 5.56 Å². The van der Waals surface area contributed by atoms with E-state index in [1.807, 2.05) is 0 Å². The zero-order valence-corrected chi connectivity index (χ0v) is 8.15. The van der Waals surface area contributed by atoms with Gasteiger partial charge in [-0.05, 0) is 6.07 Å². The van der Waals surface area contributed by atoms with Crippen molar-refractivity contribution in [3.8, 4) is 5.75 Å². The van der Waals surface area contributed by atoms with Gasteiger partial charge in [-0.3, -0.25) is 4.79 Å². The zero-order chi connectivity index (χ0) is 10.8. The maximum absolute atomic E-state index is 11.0. The van der Waals surface area contributed by atoms with Crippen molar-refractivity contribution >= 4 is 17.0 Å². The van der Waals surface area contributed by atoms with Gasteiger partial charge in [-0.15, -0.1) is 0 Å². The third-order valence-electron chi connectivity index (χ3n) is 2.18. The molecule has 15 heavy (non-hydrogen) atoms. The largest absolute Gasteiger partial charge is 0.508 e. The zero-order valence-electron chi connectivity index (χ0n) is 8.15. The molecule has 0 aliphatic heterocycles. The number of benzene rings is 1. The minimum Gasteiger partial charge on any atom is -0.508 e. The van der Waals surface area contributed by atoms with Crippen LogP contribution >= 0.6 is 0 Å². The van der Waals surface area contributed by atoms with E-state index in [-0.39, 0.29) is 18.1 Å². The number of carbonyl (C=O) groups excluding carboxylic acids is 1. The summed E-state index contributed by atoms with van der Waals surface area (Å²) in [7, 11) is 1.31. The van der Waals surface area contributed by atoms with E-state index in [0.717, 1.165) is 5.52 Å². The molecule has 2 N–H and O–H groups in total. The number of phenolic OH excluding ortho intramolecular Hbond substituents is 1. The number of nitrogens with zero attached hydrogens (tertiary/aromatic N) is 1. The van der Waals surface area contributed by atoms with Crippen molar-refractivity contribution in [1.29, 1.82) is 0 Å². The second kappa shape index (κ2) is 3.61. The summed E-state index contributed by atoms with van der Waals surface area (Å²) in [6.45, 7) is 0. The minimum absolute atomic E-state index is 0.0529. The van der Waals surface area contributed by atoms with Crippen LogP contribution in [0, 0.1) is 0 Å². The number of aromatic hydroxyl groups is 1. The van der Waals surface area contributed by atoms with Crippen molar-refractivity contribution in [2.24, 2.45) is 0 Å². The van der Waals surface area contributed by atoms with E-state index in [4.69, 9.17) is 0 Å². The molecule has 0 fully saturated rings. The first kappa shape index (κ1) is 9.51. The van der Waals surface area contributed by atoms with Crippen LogP contribution in [0.25, 0.3) is 11.0 Å². The predicted molar refractivity (Wildman–Crippen MR) is 53.5 cm³/mol. The molecule has 0 radical (unpaired) electrons. The summed E-state index contributed by atoms with van der Waals surface area (Å²) in [5.41, 5.74) is 1.98. The fourth-order valence-electron chi connectivity index (χ4n) is 1.39. The Morgan fingerprint density at radius 1 is 1.60 bits per heavy atom. The van der Waals surface area contributed by atoms with E-state index in [0.29, 0.717) is 11.1 Å². The Bertz CT molecular complexity index is 504. The van der Waals surface area contributed by atoms with Gasteiger partial charge in [0, 0.05) is 11.6 Å². The van der Waals surface area contributed by atoms with Gasteiger partial charge in [0.05, 0.1) is 30.9 Å². The van der Waals surface area contributed by atoms with Crippen molar-refractivity contribution < 1.29 is 14.6 Å². The monoisotopic (exact) mass is 206 g/mol. The van der Waals surface area contributed by atoms with Crippen LogP contribution in [-0.2, 0) is 16.0 Å². The average molecular weight is 206 g/mol. The number of ether oxygens (including phenoxy) is 1. The molecule has 1 aromatic carbocycles. The second-order valence-corrected chi connectivity index (χ2v) is 3.15. The molecule has 0 spiro atoms. The molecule has 0 amide bonds. The van der Waals surface area contributed by atoms with Gasteiger partial charge in [0.15, 0.2) is 0 Å². The highest BCUT2D eigenvalue weighted by Gasteiger charge is 2.09. The van der Waals surface area contributed by atoms with Crippen LogP contribution < -0.4 is 0 Å². The third kappa shape index (κ3) is 1.76. The Morgan fingerprint density at radius 3 is 3.13 bits per heavy atom. The molecule has 0 unspecified atom stereocenters. The number of hydrogen-bond acceptors (Lipinski definition) is 4. The highest BCUT2D eigenvalue weighted by Crippen LogP contribution is 2.23. The van der Waals surface area contributed by atoms with Crippen LogP contribution in [0.15, 0.2) is 18.5 Å². The maximum atomic E-state index is 11.0. The summed E-state index contributed by atoms with van der Waals surface area (Å²) < 4.78 is 4.53. The molecule has 0 bridgehead atoms. The lowest BCUT2D eigenvalue weighted by molar-refractivity contribution is -0.139. The molecule has 0 aliphatic rings. The Labute approximate surface area is 85.7 Å². The van der Waals surface area contributed by atoms with E-state index >= 15 is 0 Å². The number of H-pyrrole nitrogens is 1. The van der Waals surface area contributed by atoms with Gasteiger partial charge < -0.3 is 14.8 Å². The Balaban J connectivity index is 2.41. The first-order chi connectivity index (χ1) is 7.20. The number of esters is 1. The SMILES string of the molecule is COC(=O)Cc1cc2[nH]cnc2cc1O.